The summed E-state index contributed by atoms with van der Waals surface area (Å²) in [5.74, 6) is 0.398. The average Bonchev–Trinajstić information content (AvgIpc) is 2.60. The van der Waals surface area contributed by atoms with Crippen LogP contribution in [-0.4, -0.2) is 49.9 Å². The summed E-state index contributed by atoms with van der Waals surface area (Å²) in [6, 6.07) is 0.392. The summed E-state index contributed by atoms with van der Waals surface area (Å²) in [5.41, 5.74) is 0. The Kier molecular flexibility index (Phi) is 13.2. The van der Waals surface area contributed by atoms with Gasteiger partial charge in [0.25, 0.3) is 0 Å². The van der Waals surface area contributed by atoms with Crippen molar-refractivity contribution in [3.63, 3.8) is 0 Å². The maximum atomic E-state index is 11.8. The Morgan fingerprint density at radius 3 is 1.50 bits per heavy atom. The van der Waals surface area contributed by atoms with Crippen LogP contribution >= 0.6 is 0 Å². The SMILES string of the molecule is CNC(=O)CCCCCCCCCCCCCCC(=O)NC1CN(C)C1. The molecule has 2 amide bonds. The summed E-state index contributed by atoms with van der Waals surface area (Å²) in [6.45, 7) is 2.00. The second-order valence-corrected chi connectivity index (χ2v) is 7.90. The molecule has 1 aliphatic rings. The molecule has 1 heterocycles. The Morgan fingerprint density at radius 1 is 0.731 bits per heavy atom. The van der Waals surface area contributed by atoms with Crippen molar-refractivity contribution in [2.24, 2.45) is 0 Å². The Bertz CT molecular complexity index is 381. The summed E-state index contributed by atoms with van der Waals surface area (Å²) >= 11 is 0. The first-order valence-electron chi connectivity index (χ1n) is 10.8. The molecule has 0 spiro atoms. The van der Waals surface area contributed by atoms with Gasteiger partial charge in [0.1, 0.15) is 0 Å². The lowest BCUT2D eigenvalue weighted by molar-refractivity contribution is -0.123. The van der Waals surface area contributed by atoms with Crippen molar-refractivity contribution in [3.05, 3.63) is 0 Å². The average molecular weight is 368 g/mol. The van der Waals surface area contributed by atoms with Crippen molar-refractivity contribution in [1.29, 1.82) is 0 Å². The van der Waals surface area contributed by atoms with Crippen LogP contribution in [0.4, 0.5) is 0 Å². The van der Waals surface area contributed by atoms with Crippen molar-refractivity contribution >= 4 is 11.8 Å². The summed E-state index contributed by atoms with van der Waals surface area (Å²) in [5, 5.41) is 5.77. The van der Waals surface area contributed by atoms with E-state index in [-0.39, 0.29) is 11.8 Å². The molecule has 1 saturated heterocycles. The molecule has 1 rings (SSSR count). The molecule has 26 heavy (non-hydrogen) atoms. The lowest BCUT2D eigenvalue weighted by atomic mass is 10.0. The number of amides is 2. The highest BCUT2D eigenvalue weighted by molar-refractivity contribution is 5.76. The molecule has 152 valence electrons. The van der Waals surface area contributed by atoms with Crippen LogP contribution in [0.1, 0.15) is 89.9 Å². The van der Waals surface area contributed by atoms with Gasteiger partial charge in [0, 0.05) is 33.0 Å². The van der Waals surface area contributed by atoms with E-state index in [0.29, 0.717) is 18.9 Å². The van der Waals surface area contributed by atoms with E-state index in [1.165, 1.54) is 64.2 Å². The van der Waals surface area contributed by atoms with Gasteiger partial charge in [-0.3, -0.25) is 9.59 Å². The standard InChI is InChI=1S/C21H41N3O2/c1-22-20(25)15-13-11-9-7-5-3-4-6-8-10-12-14-16-21(26)23-19-17-24(2)18-19/h19H,3-18H2,1-2H3,(H,22,25)(H,23,26). The molecular formula is C21H41N3O2. The Hall–Kier alpha value is -1.10. The van der Waals surface area contributed by atoms with E-state index in [4.69, 9.17) is 0 Å². The van der Waals surface area contributed by atoms with Crippen molar-refractivity contribution in [2.45, 2.75) is 95.9 Å². The van der Waals surface area contributed by atoms with Gasteiger partial charge in [0.05, 0.1) is 6.04 Å². The van der Waals surface area contributed by atoms with Gasteiger partial charge < -0.3 is 15.5 Å². The number of rotatable bonds is 16. The number of hydrogen-bond acceptors (Lipinski definition) is 3. The minimum Gasteiger partial charge on any atom is -0.359 e. The third kappa shape index (κ3) is 12.3. The van der Waals surface area contributed by atoms with Crippen LogP contribution < -0.4 is 10.6 Å². The highest BCUT2D eigenvalue weighted by Crippen LogP contribution is 2.13. The number of carbonyl (C=O) groups is 2. The second kappa shape index (κ2) is 15.0. The van der Waals surface area contributed by atoms with Crippen molar-refractivity contribution in [2.75, 3.05) is 27.2 Å². The zero-order valence-corrected chi connectivity index (χ0v) is 17.2. The van der Waals surface area contributed by atoms with Crippen LogP contribution in [0.3, 0.4) is 0 Å². The monoisotopic (exact) mass is 367 g/mol. The molecular weight excluding hydrogens is 326 g/mol. The molecule has 5 heteroatoms. The summed E-state index contributed by atoms with van der Waals surface area (Å²) in [7, 11) is 3.78. The van der Waals surface area contributed by atoms with Crippen LogP contribution in [0.2, 0.25) is 0 Å². The summed E-state index contributed by atoms with van der Waals surface area (Å²) in [6.07, 6.45) is 16.3. The van der Waals surface area contributed by atoms with Crippen LogP contribution in [0.5, 0.6) is 0 Å². The molecule has 0 aliphatic carbocycles. The highest BCUT2D eigenvalue weighted by Gasteiger charge is 2.23. The predicted octanol–water partition coefficient (Wildman–Crippen LogP) is 3.62. The Labute approximate surface area is 160 Å². The second-order valence-electron chi connectivity index (χ2n) is 7.90. The number of unbranched alkanes of at least 4 members (excludes halogenated alkanes) is 11. The molecule has 0 aromatic carbocycles. The fourth-order valence-electron chi connectivity index (χ4n) is 3.55. The van der Waals surface area contributed by atoms with E-state index in [1.54, 1.807) is 7.05 Å². The van der Waals surface area contributed by atoms with Gasteiger partial charge in [-0.05, 0) is 19.9 Å². The maximum absolute atomic E-state index is 11.8. The maximum Gasteiger partial charge on any atom is 0.220 e. The normalized spacial score (nSPS) is 14.8. The van der Waals surface area contributed by atoms with Crippen LogP contribution in [0.25, 0.3) is 0 Å². The molecule has 0 atom stereocenters. The third-order valence-electron chi connectivity index (χ3n) is 5.27. The first-order chi connectivity index (χ1) is 12.6. The Balaban J connectivity index is 1.72. The lowest BCUT2D eigenvalue weighted by Crippen LogP contribution is -2.57. The minimum absolute atomic E-state index is 0.164. The fourth-order valence-corrected chi connectivity index (χ4v) is 3.55. The number of nitrogens with zero attached hydrogens (tertiary/aromatic N) is 1. The Morgan fingerprint density at radius 2 is 1.12 bits per heavy atom. The number of likely N-dealkylation sites (tertiary alicyclic amines) is 1. The van der Waals surface area contributed by atoms with Gasteiger partial charge in [-0.2, -0.15) is 0 Å². The first-order valence-corrected chi connectivity index (χ1v) is 10.8. The number of likely N-dealkylation sites (N-methyl/N-ethyl adjacent to an activating group) is 1. The van der Waals surface area contributed by atoms with Gasteiger partial charge in [0.15, 0.2) is 0 Å². The third-order valence-corrected chi connectivity index (χ3v) is 5.27. The van der Waals surface area contributed by atoms with E-state index in [2.05, 4.69) is 22.6 Å². The van der Waals surface area contributed by atoms with Crippen molar-refractivity contribution < 1.29 is 9.59 Å². The van der Waals surface area contributed by atoms with Gasteiger partial charge in [0.2, 0.25) is 11.8 Å². The predicted molar refractivity (Wildman–Crippen MR) is 108 cm³/mol. The van der Waals surface area contributed by atoms with Crippen LogP contribution in [0, 0.1) is 0 Å². The summed E-state index contributed by atoms with van der Waals surface area (Å²) < 4.78 is 0. The van der Waals surface area contributed by atoms with Gasteiger partial charge in [-0.1, -0.05) is 64.2 Å². The van der Waals surface area contributed by atoms with Crippen molar-refractivity contribution in [3.8, 4) is 0 Å². The van der Waals surface area contributed by atoms with E-state index >= 15 is 0 Å². The molecule has 0 saturated carbocycles. The number of nitrogens with one attached hydrogen (secondary N) is 2. The quantitative estimate of drug-likeness (QED) is 0.410. The van der Waals surface area contributed by atoms with Crippen LogP contribution in [-0.2, 0) is 9.59 Å². The number of carbonyl (C=O) groups excluding carboxylic acids is 2. The molecule has 0 aromatic heterocycles. The molecule has 2 N–H and O–H groups in total. The largest absolute Gasteiger partial charge is 0.359 e. The fraction of sp³-hybridized carbons (Fsp3) is 0.905. The number of hydrogen-bond donors (Lipinski definition) is 2. The van der Waals surface area contributed by atoms with Gasteiger partial charge in [-0.25, -0.2) is 0 Å². The minimum atomic E-state index is 0.164. The molecule has 0 aromatic rings. The zero-order chi connectivity index (χ0) is 19.0. The van der Waals surface area contributed by atoms with E-state index in [9.17, 15) is 9.59 Å². The van der Waals surface area contributed by atoms with E-state index in [0.717, 1.165) is 25.9 Å². The zero-order valence-electron chi connectivity index (χ0n) is 17.2. The molecule has 1 fully saturated rings. The highest BCUT2D eigenvalue weighted by atomic mass is 16.2. The lowest BCUT2D eigenvalue weighted by Gasteiger charge is -2.36. The van der Waals surface area contributed by atoms with Crippen LogP contribution in [0.15, 0.2) is 0 Å². The van der Waals surface area contributed by atoms with Crippen molar-refractivity contribution in [1.82, 2.24) is 15.5 Å². The first kappa shape index (κ1) is 22.9. The molecule has 0 radical (unpaired) electrons. The van der Waals surface area contributed by atoms with Gasteiger partial charge >= 0.3 is 0 Å². The molecule has 0 bridgehead atoms. The topological polar surface area (TPSA) is 61.4 Å². The molecule has 5 nitrogen and oxygen atoms in total. The van der Waals surface area contributed by atoms with E-state index < -0.39 is 0 Å². The smallest absolute Gasteiger partial charge is 0.220 e. The molecule has 0 unspecified atom stereocenters. The summed E-state index contributed by atoms with van der Waals surface area (Å²) in [4.78, 5) is 25.1. The van der Waals surface area contributed by atoms with Gasteiger partial charge in [-0.15, -0.1) is 0 Å². The molecule has 1 aliphatic heterocycles. The van der Waals surface area contributed by atoms with E-state index in [1.807, 2.05) is 0 Å².